The zero-order valence-corrected chi connectivity index (χ0v) is 13.0. The maximum atomic E-state index is 14.2. The van der Waals surface area contributed by atoms with Crippen molar-refractivity contribution in [1.82, 2.24) is 5.32 Å². The van der Waals surface area contributed by atoms with E-state index in [0.717, 1.165) is 18.5 Å². The average molecular weight is 282 g/mol. The topological polar surface area (TPSA) is 35.5 Å². The lowest BCUT2D eigenvalue weighted by Gasteiger charge is -2.30. The van der Waals surface area contributed by atoms with Gasteiger partial charge in [-0.2, -0.15) is 0 Å². The van der Waals surface area contributed by atoms with E-state index in [1.54, 1.807) is 26.0 Å². The Labute approximate surface area is 121 Å². The van der Waals surface area contributed by atoms with E-state index in [9.17, 15) is 9.50 Å². The summed E-state index contributed by atoms with van der Waals surface area (Å²) in [6.45, 7) is 10.2. The van der Waals surface area contributed by atoms with Gasteiger partial charge in [-0.05, 0) is 51.4 Å². The van der Waals surface area contributed by atoms with Crippen LogP contribution in [0.25, 0.3) is 0 Å². The molecular weight excluding hydrogens is 255 g/mol. The third-order valence-electron chi connectivity index (χ3n) is 3.07. The van der Waals surface area contributed by atoms with Crippen molar-refractivity contribution in [3.63, 3.8) is 0 Å². The molecule has 1 aromatic carbocycles. The standard InChI is InChI=1S/C16H27FN2O/c1-5-9-18-11-13-7-8-15(14(17)10-13)19(6-2)12-16(3,4)20/h7-8,10,18,20H,5-6,9,11-12H2,1-4H3. The van der Waals surface area contributed by atoms with Gasteiger partial charge in [0.05, 0.1) is 11.3 Å². The Morgan fingerprint density at radius 1 is 1.30 bits per heavy atom. The highest BCUT2D eigenvalue weighted by molar-refractivity contribution is 5.49. The first kappa shape index (κ1) is 16.9. The van der Waals surface area contributed by atoms with Gasteiger partial charge in [-0.15, -0.1) is 0 Å². The van der Waals surface area contributed by atoms with E-state index in [2.05, 4.69) is 12.2 Å². The first-order chi connectivity index (χ1) is 9.37. The summed E-state index contributed by atoms with van der Waals surface area (Å²) in [7, 11) is 0. The highest BCUT2D eigenvalue weighted by atomic mass is 19.1. The smallest absolute Gasteiger partial charge is 0.146 e. The second kappa shape index (κ2) is 7.60. The molecule has 0 fully saturated rings. The minimum atomic E-state index is -0.843. The van der Waals surface area contributed by atoms with Gasteiger partial charge < -0.3 is 15.3 Å². The Morgan fingerprint density at radius 3 is 2.50 bits per heavy atom. The van der Waals surface area contributed by atoms with Crippen LogP contribution in [0.3, 0.4) is 0 Å². The molecule has 0 radical (unpaired) electrons. The number of anilines is 1. The minimum absolute atomic E-state index is 0.230. The SMILES string of the molecule is CCCNCc1ccc(N(CC)CC(C)(C)O)c(F)c1. The highest BCUT2D eigenvalue weighted by Crippen LogP contribution is 2.22. The van der Waals surface area contributed by atoms with Crippen LogP contribution in [0.4, 0.5) is 10.1 Å². The lowest BCUT2D eigenvalue weighted by atomic mass is 10.1. The van der Waals surface area contributed by atoms with Gasteiger partial charge in [0.15, 0.2) is 0 Å². The molecule has 0 saturated carbocycles. The van der Waals surface area contributed by atoms with Gasteiger partial charge >= 0.3 is 0 Å². The van der Waals surface area contributed by atoms with Crippen molar-refractivity contribution in [3.05, 3.63) is 29.6 Å². The first-order valence-corrected chi connectivity index (χ1v) is 7.34. The van der Waals surface area contributed by atoms with Gasteiger partial charge in [0, 0.05) is 19.6 Å². The van der Waals surface area contributed by atoms with Crippen molar-refractivity contribution in [2.75, 3.05) is 24.5 Å². The van der Waals surface area contributed by atoms with E-state index >= 15 is 0 Å². The molecule has 4 heteroatoms. The van der Waals surface area contributed by atoms with Crippen molar-refractivity contribution in [2.45, 2.75) is 46.3 Å². The van der Waals surface area contributed by atoms with Crippen LogP contribution in [0.15, 0.2) is 18.2 Å². The van der Waals surface area contributed by atoms with E-state index in [1.165, 1.54) is 0 Å². The Morgan fingerprint density at radius 2 is 2.00 bits per heavy atom. The van der Waals surface area contributed by atoms with Crippen molar-refractivity contribution >= 4 is 5.69 Å². The summed E-state index contributed by atoms with van der Waals surface area (Å²) in [5.74, 6) is -0.230. The molecule has 114 valence electrons. The lowest BCUT2D eigenvalue weighted by molar-refractivity contribution is 0.0874. The summed E-state index contributed by atoms with van der Waals surface area (Å²) < 4.78 is 14.2. The molecule has 0 atom stereocenters. The number of halogens is 1. The Hall–Kier alpha value is -1.13. The van der Waals surface area contributed by atoms with Gasteiger partial charge in [0.1, 0.15) is 5.82 Å². The quantitative estimate of drug-likeness (QED) is 0.720. The number of aliphatic hydroxyl groups is 1. The fourth-order valence-corrected chi connectivity index (χ4v) is 2.16. The number of rotatable bonds is 8. The lowest BCUT2D eigenvalue weighted by Crippen LogP contribution is -2.39. The molecule has 0 aliphatic heterocycles. The zero-order valence-electron chi connectivity index (χ0n) is 13.0. The van der Waals surface area contributed by atoms with E-state index < -0.39 is 5.60 Å². The molecule has 0 unspecified atom stereocenters. The van der Waals surface area contributed by atoms with Crippen molar-refractivity contribution in [1.29, 1.82) is 0 Å². The molecule has 20 heavy (non-hydrogen) atoms. The Kier molecular flexibility index (Phi) is 6.43. The molecule has 0 aliphatic rings. The van der Waals surface area contributed by atoms with Gasteiger partial charge in [-0.25, -0.2) is 4.39 Å². The fraction of sp³-hybridized carbons (Fsp3) is 0.625. The van der Waals surface area contributed by atoms with Crippen LogP contribution in [0.2, 0.25) is 0 Å². The molecule has 0 aliphatic carbocycles. The first-order valence-electron chi connectivity index (χ1n) is 7.34. The average Bonchev–Trinajstić information content (AvgIpc) is 2.36. The van der Waals surface area contributed by atoms with Crippen LogP contribution in [-0.2, 0) is 6.54 Å². The van der Waals surface area contributed by atoms with E-state index in [1.807, 2.05) is 17.9 Å². The van der Waals surface area contributed by atoms with Crippen LogP contribution < -0.4 is 10.2 Å². The minimum Gasteiger partial charge on any atom is -0.389 e. The largest absolute Gasteiger partial charge is 0.389 e. The third-order valence-corrected chi connectivity index (χ3v) is 3.07. The molecular formula is C16H27FN2O. The molecule has 0 amide bonds. The molecule has 0 heterocycles. The Balaban J connectivity index is 2.79. The van der Waals surface area contributed by atoms with Crippen molar-refractivity contribution in [2.24, 2.45) is 0 Å². The molecule has 1 aromatic rings. The molecule has 0 aromatic heterocycles. The van der Waals surface area contributed by atoms with Gasteiger partial charge in [0.25, 0.3) is 0 Å². The summed E-state index contributed by atoms with van der Waals surface area (Å²) >= 11 is 0. The summed E-state index contributed by atoms with van der Waals surface area (Å²) in [6, 6.07) is 5.31. The predicted molar refractivity (Wildman–Crippen MR) is 82.6 cm³/mol. The second-order valence-electron chi connectivity index (χ2n) is 5.79. The highest BCUT2D eigenvalue weighted by Gasteiger charge is 2.19. The van der Waals surface area contributed by atoms with E-state index in [0.29, 0.717) is 25.3 Å². The monoisotopic (exact) mass is 282 g/mol. The van der Waals surface area contributed by atoms with E-state index in [4.69, 9.17) is 0 Å². The predicted octanol–water partition coefficient (Wildman–Crippen LogP) is 2.92. The summed E-state index contributed by atoms with van der Waals surface area (Å²) in [6.07, 6.45) is 1.07. The van der Waals surface area contributed by atoms with Crippen LogP contribution in [-0.4, -0.2) is 30.3 Å². The molecule has 3 nitrogen and oxygen atoms in total. The van der Waals surface area contributed by atoms with Crippen LogP contribution in [0, 0.1) is 5.82 Å². The Bertz CT molecular complexity index is 415. The summed E-state index contributed by atoms with van der Waals surface area (Å²) in [4.78, 5) is 1.86. The normalized spacial score (nSPS) is 11.7. The fourth-order valence-electron chi connectivity index (χ4n) is 2.16. The summed E-state index contributed by atoms with van der Waals surface area (Å²) in [5, 5.41) is 13.2. The molecule has 1 rings (SSSR count). The molecule has 0 spiro atoms. The van der Waals surface area contributed by atoms with Crippen molar-refractivity contribution in [3.8, 4) is 0 Å². The number of likely N-dealkylation sites (N-methyl/N-ethyl adjacent to an activating group) is 1. The molecule has 0 saturated heterocycles. The van der Waals surface area contributed by atoms with Crippen LogP contribution >= 0.6 is 0 Å². The number of hydrogen-bond acceptors (Lipinski definition) is 3. The van der Waals surface area contributed by atoms with Gasteiger partial charge in [-0.3, -0.25) is 0 Å². The van der Waals surface area contributed by atoms with Crippen LogP contribution in [0.1, 0.15) is 39.7 Å². The van der Waals surface area contributed by atoms with Crippen molar-refractivity contribution < 1.29 is 9.50 Å². The molecule has 0 bridgehead atoms. The van der Waals surface area contributed by atoms with E-state index in [-0.39, 0.29) is 5.82 Å². The molecule has 2 N–H and O–H groups in total. The van der Waals surface area contributed by atoms with Crippen LogP contribution in [0.5, 0.6) is 0 Å². The van der Waals surface area contributed by atoms with Gasteiger partial charge in [0.2, 0.25) is 0 Å². The second-order valence-corrected chi connectivity index (χ2v) is 5.79. The number of hydrogen-bond donors (Lipinski definition) is 2. The number of nitrogens with one attached hydrogen (secondary N) is 1. The maximum absolute atomic E-state index is 14.2. The third kappa shape index (κ3) is 5.47. The van der Waals surface area contributed by atoms with Gasteiger partial charge in [-0.1, -0.05) is 13.0 Å². The maximum Gasteiger partial charge on any atom is 0.146 e. The number of nitrogens with zero attached hydrogens (tertiary/aromatic N) is 1. The summed E-state index contributed by atoms with van der Waals surface area (Å²) in [5.41, 5.74) is 0.650. The number of benzene rings is 1. The zero-order chi connectivity index (χ0) is 15.2.